The molecule has 0 aromatic heterocycles. The number of anilines is 1. The second-order valence-electron chi connectivity index (χ2n) is 7.36. The smallest absolute Gasteiger partial charge is 0.305 e. The van der Waals surface area contributed by atoms with Crippen molar-refractivity contribution >= 4 is 27.5 Å². The molecule has 7 heteroatoms. The summed E-state index contributed by atoms with van der Waals surface area (Å²) in [5.41, 5.74) is 6.17. The first kappa shape index (κ1) is 18.7. The Balaban J connectivity index is 1.56. The first-order valence-corrected chi connectivity index (χ1v) is 11.4. The van der Waals surface area contributed by atoms with E-state index in [9.17, 15) is 13.8 Å². The fourth-order valence-corrected chi connectivity index (χ4v) is 4.97. The van der Waals surface area contributed by atoms with Crippen LogP contribution >= 0.6 is 0 Å². The predicted molar refractivity (Wildman–Crippen MR) is 110 cm³/mol. The minimum Gasteiger partial charge on any atom is -0.305 e. The number of nitrogens with one attached hydrogen (secondary N) is 2. The Kier molecular flexibility index (Phi) is 4.93. The van der Waals surface area contributed by atoms with Crippen LogP contribution in [0.3, 0.4) is 0 Å². The number of hydrogen-bond acceptors (Lipinski definition) is 3. The topological polar surface area (TPSA) is 87.6 Å². The largest absolute Gasteiger partial charge is 0.354 e. The van der Waals surface area contributed by atoms with Gasteiger partial charge in [-0.05, 0) is 72.9 Å². The third-order valence-corrected chi connectivity index (χ3v) is 6.36. The van der Waals surface area contributed by atoms with Gasteiger partial charge >= 0.3 is 6.03 Å². The highest BCUT2D eigenvalue weighted by molar-refractivity contribution is 7.91. The molecule has 0 fully saturated rings. The number of aryl methyl sites for hydroxylation is 2. The third kappa shape index (κ3) is 3.80. The molecular weight excluding hydrogens is 374 g/mol. The van der Waals surface area contributed by atoms with E-state index in [0.717, 1.165) is 44.2 Å². The lowest BCUT2D eigenvalue weighted by Gasteiger charge is -2.15. The van der Waals surface area contributed by atoms with E-state index >= 15 is 0 Å². The monoisotopic (exact) mass is 397 g/mol. The number of urea groups is 1. The summed E-state index contributed by atoms with van der Waals surface area (Å²) in [7, 11) is -3.21. The molecule has 6 nitrogen and oxygen atoms in total. The molecule has 0 radical (unpaired) electrons. The molecular formula is C21H23N3O3S. The van der Waals surface area contributed by atoms with E-state index in [1.165, 1.54) is 28.5 Å². The summed E-state index contributed by atoms with van der Waals surface area (Å²) in [5.74, 6) is -0.522. The maximum atomic E-state index is 12.7. The molecule has 2 aromatic rings. The van der Waals surface area contributed by atoms with Crippen LogP contribution in [0.25, 0.3) is 0 Å². The summed E-state index contributed by atoms with van der Waals surface area (Å²) in [6, 6.07) is 10.0. The van der Waals surface area contributed by atoms with Crippen LogP contribution in [0, 0.1) is 0 Å². The number of nitrogens with zero attached hydrogens (tertiary/aromatic N) is 1. The molecule has 0 heterocycles. The first-order valence-electron chi connectivity index (χ1n) is 9.50. The zero-order chi connectivity index (χ0) is 19.7. The third-order valence-electron chi connectivity index (χ3n) is 5.28. The average molecular weight is 398 g/mol. The molecule has 2 N–H and O–H groups in total. The number of rotatable bonds is 3. The van der Waals surface area contributed by atoms with Crippen LogP contribution in [0.15, 0.2) is 40.8 Å². The van der Waals surface area contributed by atoms with Crippen molar-refractivity contribution in [1.29, 1.82) is 0 Å². The second-order valence-corrected chi connectivity index (χ2v) is 9.35. The lowest BCUT2D eigenvalue weighted by Crippen LogP contribution is -2.30. The van der Waals surface area contributed by atoms with Crippen LogP contribution in [-0.2, 0) is 35.6 Å². The Bertz CT molecular complexity index is 1040. The Morgan fingerprint density at radius 2 is 1.57 bits per heavy atom. The van der Waals surface area contributed by atoms with Gasteiger partial charge in [0, 0.05) is 17.5 Å². The van der Waals surface area contributed by atoms with E-state index in [1.54, 1.807) is 30.3 Å². The van der Waals surface area contributed by atoms with Gasteiger partial charge in [-0.1, -0.05) is 24.3 Å². The van der Waals surface area contributed by atoms with Crippen LogP contribution in [0.2, 0.25) is 0 Å². The van der Waals surface area contributed by atoms with Crippen molar-refractivity contribution in [3.63, 3.8) is 0 Å². The maximum Gasteiger partial charge on any atom is 0.354 e. The van der Waals surface area contributed by atoms with Crippen molar-refractivity contribution in [3.8, 4) is 0 Å². The highest BCUT2D eigenvalue weighted by Gasteiger charge is 2.25. The van der Waals surface area contributed by atoms with E-state index in [2.05, 4.69) is 20.5 Å². The fourth-order valence-electron chi connectivity index (χ4n) is 4.10. The molecule has 2 aliphatic carbocycles. The van der Waals surface area contributed by atoms with Gasteiger partial charge in [0.25, 0.3) is 5.91 Å². The van der Waals surface area contributed by atoms with Crippen molar-refractivity contribution in [2.24, 2.45) is 4.36 Å². The molecule has 4 rings (SSSR count). The first-order chi connectivity index (χ1) is 13.4. The van der Waals surface area contributed by atoms with Gasteiger partial charge in [-0.15, -0.1) is 4.36 Å². The minimum absolute atomic E-state index is 0.367. The Morgan fingerprint density at radius 3 is 2.18 bits per heavy atom. The van der Waals surface area contributed by atoms with Crippen LogP contribution in [0.5, 0.6) is 0 Å². The highest BCUT2D eigenvalue weighted by Crippen LogP contribution is 2.38. The number of amides is 3. The van der Waals surface area contributed by atoms with Crippen LogP contribution in [0.4, 0.5) is 10.5 Å². The summed E-state index contributed by atoms with van der Waals surface area (Å²) in [6.07, 6.45) is 7.34. The number of hydrogen-bond donors (Lipinski definition) is 2. The van der Waals surface area contributed by atoms with Gasteiger partial charge in [-0.3, -0.25) is 9.52 Å². The Labute approximate surface area is 165 Å². The van der Waals surface area contributed by atoms with Gasteiger partial charge in [-0.2, -0.15) is 0 Å². The molecule has 146 valence electrons. The van der Waals surface area contributed by atoms with Crippen molar-refractivity contribution in [1.82, 2.24) is 4.72 Å². The van der Waals surface area contributed by atoms with Gasteiger partial charge < -0.3 is 5.32 Å². The molecule has 0 saturated carbocycles. The van der Waals surface area contributed by atoms with E-state index in [0.29, 0.717) is 5.56 Å². The Hall–Kier alpha value is -2.67. The molecule has 0 bridgehead atoms. The number of carbonyl (C=O) groups excluding carboxylic acids is 2. The molecule has 3 amide bonds. The molecule has 0 aliphatic heterocycles. The summed E-state index contributed by atoms with van der Waals surface area (Å²) in [5, 5.41) is 2.88. The number of carbonyl (C=O) groups is 2. The molecule has 2 aromatic carbocycles. The number of benzene rings is 2. The number of fused-ring (bicyclic) bond motifs is 2. The summed E-state index contributed by atoms with van der Waals surface area (Å²) < 4.78 is 18.8. The van der Waals surface area contributed by atoms with Crippen LogP contribution < -0.4 is 10.0 Å². The molecule has 0 spiro atoms. The van der Waals surface area contributed by atoms with Gasteiger partial charge in [0.2, 0.25) is 0 Å². The summed E-state index contributed by atoms with van der Waals surface area (Å²) in [6.45, 7) is 0. The minimum atomic E-state index is -3.21. The van der Waals surface area contributed by atoms with Crippen molar-refractivity contribution in [2.75, 3.05) is 11.6 Å². The lowest BCUT2D eigenvalue weighted by atomic mass is 9.99. The van der Waals surface area contributed by atoms with Crippen molar-refractivity contribution in [2.45, 2.75) is 38.5 Å². The van der Waals surface area contributed by atoms with Gasteiger partial charge in [-0.25, -0.2) is 9.00 Å². The molecule has 2 aliphatic rings. The van der Waals surface area contributed by atoms with E-state index in [1.807, 2.05) is 0 Å². The van der Waals surface area contributed by atoms with E-state index in [4.69, 9.17) is 0 Å². The zero-order valence-corrected chi connectivity index (χ0v) is 16.6. The van der Waals surface area contributed by atoms with Crippen molar-refractivity contribution < 1.29 is 13.8 Å². The molecule has 1 unspecified atom stereocenters. The van der Waals surface area contributed by atoms with Gasteiger partial charge in [0.1, 0.15) is 9.92 Å². The molecule has 28 heavy (non-hydrogen) atoms. The quantitative estimate of drug-likeness (QED) is 0.829. The normalized spacial score (nSPS) is 16.6. The fraction of sp³-hybridized carbons (Fsp3) is 0.333. The van der Waals surface area contributed by atoms with Crippen molar-refractivity contribution in [3.05, 3.63) is 64.2 Å². The van der Waals surface area contributed by atoms with Gasteiger partial charge in [0.05, 0.1) is 0 Å². The second kappa shape index (κ2) is 7.39. The average Bonchev–Trinajstić information content (AvgIpc) is 3.30. The molecule has 0 saturated heterocycles. The van der Waals surface area contributed by atoms with E-state index in [-0.39, 0.29) is 0 Å². The lowest BCUT2D eigenvalue weighted by molar-refractivity contribution is 0.0982. The summed E-state index contributed by atoms with van der Waals surface area (Å²) >= 11 is 0. The predicted octanol–water partition coefficient (Wildman–Crippen LogP) is 3.64. The van der Waals surface area contributed by atoms with Crippen LogP contribution in [-0.4, -0.2) is 22.4 Å². The molecule has 1 atom stereocenters. The zero-order valence-electron chi connectivity index (χ0n) is 15.8. The van der Waals surface area contributed by atoms with Gasteiger partial charge in [0.15, 0.2) is 0 Å². The highest BCUT2D eigenvalue weighted by atomic mass is 32.2. The Morgan fingerprint density at radius 1 is 0.964 bits per heavy atom. The van der Waals surface area contributed by atoms with Crippen LogP contribution in [0.1, 0.15) is 45.5 Å². The SMILES string of the molecule is CS(=O)(=NC(=O)Nc1c2c(cc3c1CCC3)CCC2)NC(=O)c1ccccc1. The summed E-state index contributed by atoms with van der Waals surface area (Å²) in [4.78, 5) is 24.8. The van der Waals surface area contributed by atoms with E-state index < -0.39 is 21.9 Å². The maximum absolute atomic E-state index is 12.7. The standard InChI is InChI=1S/C21H23N3O3S/c1-28(27,23-20(25)14-7-3-2-4-8-14)24-21(26)22-19-17-11-5-9-15(17)13-16-10-6-12-18(16)19/h2-4,7-8,13H,5-6,9-12H2,1H3,(H2,22,23,24,25,26,27).